The van der Waals surface area contributed by atoms with E-state index >= 15 is 0 Å². The van der Waals surface area contributed by atoms with Crippen LogP contribution in [0.4, 0.5) is 10.5 Å². The van der Waals surface area contributed by atoms with Gasteiger partial charge in [0.25, 0.3) is 0 Å². The van der Waals surface area contributed by atoms with Crippen molar-refractivity contribution in [2.24, 2.45) is 0 Å². The Morgan fingerprint density at radius 2 is 1.83 bits per heavy atom. The molecular weight excluding hydrogens is 552 g/mol. The molecule has 36 heavy (non-hydrogen) atoms. The molecule has 3 rings (SSSR count). The molecule has 0 aliphatic carbocycles. The zero-order chi connectivity index (χ0) is 26.3. The lowest BCUT2D eigenvalue weighted by atomic mass is 10.1. The van der Waals surface area contributed by atoms with Gasteiger partial charge < -0.3 is 24.5 Å². The van der Waals surface area contributed by atoms with E-state index in [0.717, 1.165) is 10.9 Å². The number of anilines is 1. The average Bonchev–Trinajstić information content (AvgIpc) is 2.81. The molecule has 0 bridgehead atoms. The Morgan fingerprint density at radius 1 is 1.11 bits per heavy atom. The van der Waals surface area contributed by atoms with E-state index in [0.29, 0.717) is 24.1 Å². The molecule has 0 saturated carbocycles. The van der Waals surface area contributed by atoms with Crippen molar-refractivity contribution in [1.29, 1.82) is 0 Å². The summed E-state index contributed by atoms with van der Waals surface area (Å²) in [6.07, 6.45) is 0.240. The summed E-state index contributed by atoms with van der Waals surface area (Å²) >= 11 is 9.69. The first-order chi connectivity index (χ1) is 17.1. The lowest BCUT2D eigenvalue weighted by Crippen LogP contribution is -2.47. The molecule has 2 aromatic carbocycles. The van der Waals surface area contributed by atoms with Crippen LogP contribution in [0.15, 0.2) is 57.7 Å². The standard InChI is InChI=1S/C26H28BrClN2O6/c1-26(2,3)36-25(33)30-20(14-16-8-5-4-6-9-16)22(31)29-17-10-11-18-19(15-17)23(32)35-24(21(18)28)34-13-7-12-27/h4-6,8-11,15,20H,7,12-14H2,1-3H3,(H,29,31)(H,30,33)/t20-/m0/s1. The maximum absolute atomic E-state index is 13.2. The Labute approximate surface area is 222 Å². The third-order valence-corrected chi connectivity index (χ3v) is 5.83. The van der Waals surface area contributed by atoms with Crippen LogP contribution in [-0.2, 0) is 16.0 Å². The van der Waals surface area contributed by atoms with Gasteiger partial charge in [-0.1, -0.05) is 63.9 Å². The first-order valence-corrected chi connectivity index (χ1v) is 12.9. The van der Waals surface area contributed by atoms with Crippen molar-refractivity contribution >= 4 is 56.0 Å². The third-order valence-electron chi connectivity index (χ3n) is 4.91. The molecule has 0 aliphatic rings. The number of benzene rings is 2. The van der Waals surface area contributed by atoms with Crippen LogP contribution in [0.2, 0.25) is 5.02 Å². The Hall–Kier alpha value is -3.04. The van der Waals surface area contributed by atoms with E-state index < -0.39 is 29.3 Å². The number of alkyl halides is 1. The van der Waals surface area contributed by atoms with Crippen LogP contribution >= 0.6 is 27.5 Å². The fourth-order valence-corrected chi connectivity index (χ4v) is 3.81. The molecule has 0 saturated heterocycles. The van der Waals surface area contributed by atoms with Crippen LogP contribution in [0, 0.1) is 0 Å². The van der Waals surface area contributed by atoms with Crippen molar-refractivity contribution in [2.75, 3.05) is 17.3 Å². The van der Waals surface area contributed by atoms with Gasteiger partial charge in [0.05, 0.1) is 12.0 Å². The number of carbonyl (C=O) groups is 2. The molecule has 0 spiro atoms. The van der Waals surface area contributed by atoms with Crippen molar-refractivity contribution in [3.05, 3.63) is 69.5 Å². The quantitative estimate of drug-likeness (QED) is 0.249. The number of carbonyl (C=O) groups excluding carboxylic acids is 2. The van der Waals surface area contributed by atoms with E-state index in [-0.39, 0.29) is 22.8 Å². The van der Waals surface area contributed by atoms with Crippen LogP contribution < -0.4 is 21.0 Å². The first kappa shape index (κ1) is 27.5. The van der Waals surface area contributed by atoms with Crippen molar-refractivity contribution < 1.29 is 23.5 Å². The van der Waals surface area contributed by atoms with E-state index in [9.17, 15) is 14.4 Å². The highest BCUT2D eigenvalue weighted by atomic mass is 79.9. The summed E-state index contributed by atoms with van der Waals surface area (Å²) in [4.78, 5) is 38.2. The van der Waals surface area contributed by atoms with Crippen LogP contribution in [0.5, 0.6) is 5.95 Å². The summed E-state index contributed by atoms with van der Waals surface area (Å²) in [7, 11) is 0. The van der Waals surface area contributed by atoms with Crippen LogP contribution in [0.25, 0.3) is 10.8 Å². The maximum atomic E-state index is 13.2. The van der Waals surface area contributed by atoms with Crippen molar-refractivity contribution in [2.45, 2.75) is 45.3 Å². The van der Waals surface area contributed by atoms with Gasteiger partial charge in [0.15, 0.2) is 0 Å². The summed E-state index contributed by atoms with van der Waals surface area (Å²) in [6, 6.07) is 13.0. The number of amides is 2. The van der Waals surface area contributed by atoms with Gasteiger partial charge in [-0.25, -0.2) is 9.59 Å². The van der Waals surface area contributed by atoms with Crippen LogP contribution in [0.1, 0.15) is 32.8 Å². The second kappa shape index (κ2) is 12.3. The summed E-state index contributed by atoms with van der Waals surface area (Å²) in [5, 5.41) is 6.92. The predicted molar refractivity (Wildman–Crippen MR) is 143 cm³/mol. The highest BCUT2D eigenvalue weighted by Crippen LogP contribution is 2.32. The number of alkyl carbamates (subject to hydrolysis) is 1. The minimum Gasteiger partial charge on any atom is -0.464 e. The molecule has 0 radical (unpaired) electrons. The highest BCUT2D eigenvalue weighted by molar-refractivity contribution is 9.09. The molecule has 2 amide bonds. The molecule has 0 aliphatic heterocycles. The second-order valence-corrected chi connectivity index (χ2v) is 10.2. The molecule has 2 N–H and O–H groups in total. The number of fused-ring (bicyclic) bond motifs is 1. The monoisotopic (exact) mass is 578 g/mol. The molecule has 0 fully saturated rings. The molecular formula is C26H28BrClN2O6. The van der Waals surface area contributed by atoms with Crippen LogP contribution in [-0.4, -0.2) is 35.6 Å². The molecule has 1 atom stereocenters. The summed E-state index contributed by atoms with van der Waals surface area (Å²) in [5.74, 6) is -0.523. The summed E-state index contributed by atoms with van der Waals surface area (Å²) < 4.78 is 16.0. The Bertz CT molecular complexity index is 1270. The smallest absolute Gasteiger partial charge is 0.408 e. The number of ether oxygens (including phenoxy) is 2. The van der Waals surface area contributed by atoms with Gasteiger partial charge >= 0.3 is 17.7 Å². The van der Waals surface area contributed by atoms with Gasteiger partial charge in [-0.15, -0.1) is 0 Å². The molecule has 1 aromatic heterocycles. The van der Waals surface area contributed by atoms with Gasteiger partial charge in [0, 0.05) is 22.8 Å². The second-order valence-electron chi connectivity index (χ2n) is 9.02. The number of hydrogen-bond acceptors (Lipinski definition) is 6. The molecule has 8 nitrogen and oxygen atoms in total. The van der Waals surface area contributed by atoms with Gasteiger partial charge in [-0.05, 0) is 44.9 Å². The molecule has 3 aromatic rings. The predicted octanol–water partition coefficient (Wildman–Crippen LogP) is 5.68. The topological polar surface area (TPSA) is 107 Å². The summed E-state index contributed by atoms with van der Waals surface area (Å²) in [5.41, 5.74) is -0.174. The number of rotatable bonds is 9. The van der Waals surface area contributed by atoms with E-state index in [4.69, 9.17) is 25.5 Å². The van der Waals surface area contributed by atoms with Crippen molar-refractivity contribution in [3.63, 3.8) is 0 Å². The molecule has 1 heterocycles. The molecule has 10 heteroatoms. The van der Waals surface area contributed by atoms with Crippen molar-refractivity contribution in [1.82, 2.24) is 5.32 Å². The van der Waals surface area contributed by atoms with Gasteiger partial charge in [0.1, 0.15) is 16.7 Å². The number of nitrogens with one attached hydrogen (secondary N) is 2. The van der Waals surface area contributed by atoms with Gasteiger partial charge in [-0.3, -0.25) is 4.79 Å². The van der Waals surface area contributed by atoms with Crippen LogP contribution in [0.3, 0.4) is 0 Å². The summed E-state index contributed by atoms with van der Waals surface area (Å²) in [6.45, 7) is 5.55. The van der Waals surface area contributed by atoms with Gasteiger partial charge in [-0.2, -0.15) is 0 Å². The minimum atomic E-state index is -0.928. The van der Waals surface area contributed by atoms with E-state index in [2.05, 4.69) is 26.6 Å². The van der Waals surface area contributed by atoms with E-state index in [1.165, 1.54) is 6.07 Å². The fraction of sp³-hybridized carbons (Fsp3) is 0.346. The molecule has 0 unspecified atom stereocenters. The normalized spacial score (nSPS) is 12.1. The minimum absolute atomic E-state index is 0.0450. The number of hydrogen-bond donors (Lipinski definition) is 2. The largest absolute Gasteiger partial charge is 0.464 e. The van der Waals surface area contributed by atoms with E-state index in [1.54, 1.807) is 32.9 Å². The zero-order valence-electron chi connectivity index (χ0n) is 20.2. The Balaban J connectivity index is 1.83. The lowest BCUT2D eigenvalue weighted by molar-refractivity contribution is -0.118. The number of halogens is 2. The van der Waals surface area contributed by atoms with Gasteiger partial charge in [0.2, 0.25) is 5.91 Å². The highest BCUT2D eigenvalue weighted by Gasteiger charge is 2.25. The third kappa shape index (κ3) is 7.73. The van der Waals surface area contributed by atoms with Crippen molar-refractivity contribution in [3.8, 4) is 5.95 Å². The fourth-order valence-electron chi connectivity index (χ4n) is 3.33. The molecule has 192 valence electrons. The maximum Gasteiger partial charge on any atom is 0.408 e. The van der Waals surface area contributed by atoms with E-state index in [1.807, 2.05) is 30.3 Å². The zero-order valence-corrected chi connectivity index (χ0v) is 22.6. The Morgan fingerprint density at radius 3 is 2.50 bits per heavy atom. The lowest BCUT2D eigenvalue weighted by Gasteiger charge is -2.23. The average molecular weight is 580 g/mol. The first-order valence-electron chi connectivity index (χ1n) is 11.4. The Kier molecular flexibility index (Phi) is 9.39. The SMILES string of the molecule is CC(C)(C)OC(=O)N[C@@H](Cc1ccccc1)C(=O)Nc1ccc2c(Cl)c(OCCCBr)oc(=O)c2c1.